The van der Waals surface area contributed by atoms with Crippen molar-refractivity contribution in [2.24, 2.45) is 29.4 Å². The van der Waals surface area contributed by atoms with E-state index in [1.807, 2.05) is 0 Å². The maximum absolute atomic E-state index is 13.4. The molecule has 0 aromatic heterocycles. The number of carbonyl (C=O) groups excluding carboxylic acids is 3. The first-order chi connectivity index (χ1) is 14.8. The summed E-state index contributed by atoms with van der Waals surface area (Å²) in [4.78, 5) is 40.1. The third-order valence-electron chi connectivity index (χ3n) is 7.30. The van der Waals surface area contributed by atoms with E-state index in [0.717, 1.165) is 0 Å². The van der Waals surface area contributed by atoms with Crippen molar-refractivity contribution in [2.75, 3.05) is 19.0 Å². The zero-order valence-corrected chi connectivity index (χ0v) is 17.8. The number of Topliss-reactive ketones (excluding diaryl/α,β-unsaturated/α-hetero) is 2. The average Bonchev–Trinajstić information content (AvgIpc) is 2.70. The second-order valence-corrected chi connectivity index (χ2v) is 9.13. The van der Waals surface area contributed by atoms with E-state index in [2.05, 4.69) is 0 Å². The number of ketones is 2. The molecule has 0 saturated heterocycles. The van der Waals surface area contributed by atoms with E-state index in [1.54, 1.807) is 25.1 Å². The molecule has 7 atom stereocenters. The molecule has 0 aliphatic heterocycles. The van der Waals surface area contributed by atoms with E-state index in [1.165, 1.54) is 13.0 Å². The molecular weight excluding hydrogens is 420 g/mol. The monoisotopic (exact) mass is 446 g/mol. The summed E-state index contributed by atoms with van der Waals surface area (Å²) in [5.74, 6) is -9.83. The van der Waals surface area contributed by atoms with Crippen molar-refractivity contribution in [1.29, 1.82) is 0 Å². The van der Waals surface area contributed by atoms with Gasteiger partial charge in [0.1, 0.15) is 17.4 Å². The molecule has 7 N–H and O–H groups in total. The number of fused-ring (bicyclic) bond motifs is 3. The minimum Gasteiger partial charge on any atom is -0.508 e. The van der Waals surface area contributed by atoms with Crippen LogP contribution in [0.3, 0.4) is 0 Å². The van der Waals surface area contributed by atoms with E-state index in [0.29, 0.717) is 11.3 Å². The maximum atomic E-state index is 13.4. The molecule has 3 aliphatic carbocycles. The number of aromatic hydroxyl groups is 1. The molecule has 0 radical (unpaired) electrons. The molecule has 1 saturated carbocycles. The van der Waals surface area contributed by atoms with Gasteiger partial charge in [0.05, 0.1) is 17.8 Å². The number of hydrogen-bond acceptors (Lipinski definition) is 9. The first kappa shape index (κ1) is 22.3. The first-order valence-corrected chi connectivity index (χ1v) is 10.3. The van der Waals surface area contributed by atoms with Gasteiger partial charge in [0.2, 0.25) is 5.91 Å². The Hall–Kier alpha value is -2.95. The van der Waals surface area contributed by atoms with Gasteiger partial charge in [0, 0.05) is 37.2 Å². The SMILES string of the molecule is CC1C(O)C(C(N)=O)C(=O)C2(O)C(O)=C3C(=O)c4c(O)ccc(N(C)C)c4CC3C(O)C12. The lowest BCUT2D eigenvalue weighted by Crippen LogP contribution is -2.69. The summed E-state index contributed by atoms with van der Waals surface area (Å²) >= 11 is 0. The summed E-state index contributed by atoms with van der Waals surface area (Å²) in [6.45, 7) is 1.43. The minimum absolute atomic E-state index is 0.0341. The number of benzene rings is 1. The van der Waals surface area contributed by atoms with Crippen LogP contribution in [0.4, 0.5) is 5.69 Å². The second-order valence-electron chi connectivity index (χ2n) is 9.13. The van der Waals surface area contributed by atoms with Crippen LogP contribution in [0.5, 0.6) is 5.75 Å². The Labute approximate surface area is 183 Å². The fraction of sp³-hybridized carbons (Fsp3) is 0.500. The van der Waals surface area contributed by atoms with Gasteiger partial charge >= 0.3 is 0 Å². The number of primary amides is 1. The van der Waals surface area contributed by atoms with E-state index >= 15 is 0 Å². The van der Waals surface area contributed by atoms with Gasteiger partial charge in [-0.05, 0) is 30.0 Å². The number of phenolic OH excluding ortho intramolecular Hbond substituents is 1. The molecule has 7 unspecified atom stereocenters. The van der Waals surface area contributed by atoms with Gasteiger partial charge in [-0.3, -0.25) is 14.4 Å². The van der Waals surface area contributed by atoms with Gasteiger partial charge in [-0.2, -0.15) is 0 Å². The van der Waals surface area contributed by atoms with Crippen molar-refractivity contribution >= 4 is 23.2 Å². The summed E-state index contributed by atoms with van der Waals surface area (Å²) < 4.78 is 0. The van der Waals surface area contributed by atoms with E-state index < -0.39 is 70.3 Å². The standard InChI is InChI=1S/C22H26N2O8/c1-7-15-17(27)9-6-8-10(24(2)3)4-5-11(25)12(8)18(28)13(9)19(29)22(15,32)20(30)14(16(7)26)21(23)31/h4-5,7,9,14-17,25-27,29,32H,6H2,1-3H3,(H2,23,31). The second kappa shape index (κ2) is 7.03. The van der Waals surface area contributed by atoms with Gasteiger partial charge in [0.15, 0.2) is 17.2 Å². The molecule has 3 aliphatic rings. The van der Waals surface area contributed by atoms with Crippen molar-refractivity contribution in [3.63, 3.8) is 0 Å². The third-order valence-corrected chi connectivity index (χ3v) is 7.30. The normalized spacial score (nSPS) is 36.3. The van der Waals surface area contributed by atoms with E-state index in [-0.39, 0.29) is 17.7 Å². The number of carbonyl (C=O) groups is 3. The molecule has 1 aromatic carbocycles. The number of anilines is 1. The Morgan fingerprint density at radius 3 is 2.34 bits per heavy atom. The number of nitrogens with zero attached hydrogens (tertiary/aromatic N) is 1. The highest BCUT2D eigenvalue weighted by molar-refractivity contribution is 6.16. The summed E-state index contributed by atoms with van der Waals surface area (Å²) in [6, 6.07) is 2.95. The molecule has 1 aromatic rings. The fourth-order valence-corrected chi connectivity index (χ4v) is 5.74. The number of hydrogen-bond donors (Lipinski definition) is 6. The van der Waals surface area contributed by atoms with Crippen LogP contribution in [0, 0.1) is 23.7 Å². The predicted octanol–water partition coefficient (Wildman–Crippen LogP) is -0.972. The minimum atomic E-state index is -2.79. The van der Waals surface area contributed by atoms with Gasteiger partial charge < -0.3 is 36.2 Å². The number of amides is 1. The smallest absolute Gasteiger partial charge is 0.230 e. The molecule has 10 nitrogen and oxygen atoms in total. The lowest BCUT2D eigenvalue weighted by molar-refractivity contribution is -0.190. The Morgan fingerprint density at radius 1 is 1.16 bits per heavy atom. The Kier molecular flexibility index (Phi) is 4.89. The van der Waals surface area contributed by atoms with Crippen LogP contribution in [0.15, 0.2) is 23.5 Å². The molecule has 0 heterocycles. The molecule has 1 amide bonds. The molecule has 0 spiro atoms. The van der Waals surface area contributed by atoms with Crippen molar-refractivity contribution < 1.29 is 39.9 Å². The number of aliphatic hydroxyl groups excluding tert-OH is 3. The fourth-order valence-electron chi connectivity index (χ4n) is 5.74. The molecule has 172 valence electrons. The summed E-state index contributed by atoms with van der Waals surface area (Å²) in [6.07, 6.45) is -3.06. The Balaban J connectivity index is 1.98. The van der Waals surface area contributed by atoms with Crippen LogP contribution in [-0.2, 0) is 16.0 Å². The number of aliphatic hydroxyl groups is 4. The highest BCUT2D eigenvalue weighted by atomic mass is 16.4. The van der Waals surface area contributed by atoms with Crippen molar-refractivity contribution in [3.8, 4) is 5.75 Å². The van der Waals surface area contributed by atoms with Crippen molar-refractivity contribution in [3.05, 3.63) is 34.6 Å². The maximum Gasteiger partial charge on any atom is 0.230 e. The Morgan fingerprint density at radius 2 is 1.78 bits per heavy atom. The number of phenols is 1. The van der Waals surface area contributed by atoms with Crippen LogP contribution >= 0.6 is 0 Å². The van der Waals surface area contributed by atoms with E-state index in [4.69, 9.17) is 5.73 Å². The summed E-state index contributed by atoms with van der Waals surface area (Å²) in [5.41, 5.74) is 3.07. The molecule has 32 heavy (non-hydrogen) atoms. The zero-order chi connectivity index (χ0) is 23.9. The number of nitrogens with two attached hydrogens (primary N) is 1. The van der Waals surface area contributed by atoms with Gasteiger partial charge in [-0.25, -0.2) is 0 Å². The summed E-state index contributed by atoms with van der Waals surface area (Å²) in [5, 5.41) is 54.6. The van der Waals surface area contributed by atoms with Crippen LogP contribution in [0.25, 0.3) is 0 Å². The third kappa shape index (κ3) is 2.60. The van der Waals surface area contributed by atoms with Crippen molar-refractivity contribution in [2.45, 2.75) is 31.2 Å². The molecule has 0 bridgehead atoms. The van der Waals surface area contributed by atoms with Crippen LogP contribution < -0.4 is 10.6 Å². The molecular formula is C22H26N2O8. The molecule has 10 heteroatoms. The zero-order valence-electron chi connectivity index (χ0n) is 17.8. The highest BCUT2D eigenvalue weighted by Crippen LogP contribution is 2.54. The Bertz CT molecular complexity index is 1080. The van der Waals surface area contributed by atoms with Gasteiger partial charge in [-0.1, -0.05) is 6.92 Å². The van der Waals surface area contributed by atoms with Gasteiger partial charge in [-0.15, -0.1) is 0 Å². The number of rotatable bonds is 2. The van der Waals surface area contributed by atoms with Gasteiger partial charge in [0.25, 0.3) is 0 Å². The lowest BCUT2D eigenvalue weighted by Gasteiger charge is -2.53. The molecule has 1 fully saturated rings. The van der Waals surface area contributed by atoms with Crippen LogP contribution in [0.1, 0.15) is 22.8 Å². The lowest BCUT2D eigenvalue weighted by atomic mass is 9.53. The van der Waals surface area contributed by atoms with E-state index in [9.17, 15) is 39.9 Å². The summed E-state index contributed by atoms with van der Waals surface area (Å²) in [7, 11) is 3.50. The predicted molar refractivity (Wildman–Crippen MR) is 111 cm³/mol. The van der Waals surface area contributed by atoms with Crippen molar-refractivity contribution in [1.82, 2.24) is 0 Å². The largest absolute Gasteiger partial charge is 0.508 e. The van der Waals surface area contributed by atoms with Crippen LogP contribution in [-0.4, -0.2) is 74.9 Å². The quantitative estimate of drug-likeness (QED) is 0.311. The average molecular weight is 446 g/mol. The topological polar surface area (TPSA) is 182 Å². The highest BCUT2D eigenvalue weighted by Gasteiger charge is 2.67. The molecule has 4 rings (SSSR count). The van der Waals surface area contributed by atoms with Crippen LogP contribution in [0.2, 0.25) is 0 Å². The first-order valence-electron chi connectivity index (χ1n) is 10.3.